The number of aromatic nitrogens is 2. The van der Waals surface area contributed by atoms with Gasteiger partial charge in [-0.2, -0.15) is 0 Å². The van der Waals surface area contributed by atoms with Crippen molar-refractivity contribution in [3.63, 3.8) is 0 Å². The van der Waals surface area contributed by atoms with Crippen LogP contribution in [0.3, 0.4) is 0 Å². The fourth-order valence-corrected chi connectivity index (χ4v) is 2.52. The minimum Gasteiger partial charge on any atom is -0.370 e. The van der Waals surface area contributed by atoms with Crippen molar-refractivity contribution in [2.75, 3.05) is 17.2 Å². The molecule has 0 saturated heterocycles. The van der Waals surface area contributed by atoms with Gasteiger partial charge in [-0.1, -0.05) is 23.7 Å². The molecule has 0 aliphatic heterocycles. The van der Waals surface area contributed by atoms with Gasteiger partial charge in [-0.25, -0.2) is 14.4 Å². The highest BCUT2D eigenvalue weighted by Crippen LogP contribution is 2.19. The van der Waals surface area contributed by atoms with Crippen LogP contribution in [0.15, 0.2) is 54.6 Å². The van der Waals surface area contributed by atoms with Crippen molar-refractivity contribution in [1.29, 1.82) is 0 Å². The quantitative estimate of drug-likeness (QED) is 0.654. The lowest BCUT2D eigenvalue weighted by Crippen LogP contribution is -2.08. The monoisotopic (exact) mass is 356 g/mol. The SMILES string of the molecule is Cc1nc(NCCc2ccc(F)cc2)cc(Nc2ccc(Cl)cc2)n1. The van der Waals surface area contributed by atoms with Gasteiger partial charge in [-0.05, 0) is 55.3 Å². The molecule has 0 fully saturated rings. The predicted molar refractivity (Wildman–Crippen MR) is 100 cm³/mol. The molecule has 0 atom stereocenters. The van der Waals surface area contributed by atoms with E-state index in [1.54, 1.807) is 12.1 Å². The standard InChI is InChI=1S/C19H18ClFN4/c1-13-23-18(22-11-10-14-2-6-16(21)7-3-14)12-19(24-13)25-17-8-4-15(20)5-9-17/h2-9,12H,10-11H2,1H3,(H2,22,23,24,25). The maximum atomic E-state index is 12.9. The van der Waals surface area contributed by atoms with E-state index < -0.39 is 0 Å². The molecule has 0 aliphatic rings. The minimum absolute atomic E-state index is 0.221. The van der Waals surface area contributed by atoms with Crippen molar-refractivity contribution in [3.8, 4) is 0 Å². The topological polar surface area (TPSA) is 49.8 Å². The summed E-state index contributed by atoms with van der Waals surface area (Å²) in [7, 11) is 0. The van der Waals surface area contributed by atoms with E-state index in [9.17, 15) is 4.39 Å². The summed E-state index contributed by atoms with van der Waals surface area (Å²) in [6.07, 6.45) is 0.781. The smallest absolute Gasteiger partial charge is 0.136 e. The van der Waals surface area contributed by atoms with Gasteiger partial charge in [-0.3, -0.25) is 0 Å². The number of anilines is 3. The van der Waals surface area contributed by atoms with Gasteiger partial charge in [-0.15, -0.1) is 0 Å². The third-order valence-corrected chi connectivity index (χ3v) is 3.84. The molecule has 0 bridgehead atoms. The lowest BCUT2D eigenvalue weighted by atomic mass is 10.1. The summed E-state index contributed by atoms with van der Waals surface area (Å²) in [6.45, 7) is 2.54. The van der Waals surface area contributed by atoms with Crippen LogP contribution in [0.4, 0.5) is 21.7 Å². The van der Waals surface area contributed by atoms with Crippen molar-refractivity contribution in [3.05, 3.63) is 76.8 Å². The first-order valence-electron chi connectivity index (χ1n) is 7.95. The van der Waals surface area contributed by atoms with Crippen LogP contribution in [0, 0.1) is 12.7 Å². The van der Waals surface area contributed by atoms with Crippen LogP contribution in [-0.4, -0.2) is 16.5 Å². The Bertz CT molecular complexity index is 835. The van der Waals surface area contributed by atoms with Crippen molar-refractivity contribution >= 4 is 28.9 Å². The van der Waals surface area contributed by atoms with Crippen molar-refractivity contribution in [1.82, 2.24) is 9.97 Å². The molecule has 6 heteroatoms. The maximum Gasteiger partial charge on any atom is 0.136 e. The number of nitrogens with one attached hydrogen (secondary N) is 2. The molecule has 0 radical (unpaired) electrons. The van der Waals surface area contributed by atoms with Gasteiger partial charge in [0, 0.05) is 23.3 Å². The van der Waals surface area contributed by atoms with Gasteiger partial charge < -0.3 is 10.6 Å². The highest BCUT2D eigenvalue weighted by Gasteiger charge is 2.03. The van der Waals surface area contributed by atoms with Crippen molar-refractivity contribution < 1.29 is 4.39 Å². The van der Waals surface area contributed by atoms with Gasteiger partial charge >= 0.3 is 0 Å². The Morgan fingerprint density at radius 1 is 0.960 bits per heavy atom. The molecular weight excluding hydrogens is 339 g/mol. The van der Waals surface area contributed by atoms with Crippen LogP contribution in [0.2, 0.25) is 5.02 Å². The third-order valence-electron chi connectivity index (χ3n) is 3.59. The first-order valence-corrected chi connectivity index (χ1v) is 8.33. The van der Waals surface area contributed by atoms with Crippen LogP contribution < -0.4 is 10.6 Å². The largest absolute Gasteiger partial charge is 0.370 e. The van der Waals surface area contributed by atoms with Crippen LogP contribution in [0.5, 0.6) is 0 Å². The fourth-order valence-electron chi connectivity index (χ4n) is 2.39. The van der Waals surface area contributed by atoms with Crippen LogP contribution in [0.25, 0.3) is 0 Å². The summed E-state index contributed by atoms with van der Waals surface area (Å²) in [5.41, 5.74) is 1.97. The van der Waals surface area contributed by atoms with Gasteiger partial charge in [0.15, 0.2) is 0 Å². The number of aryl methyl sites for hydroxylation is 1. The molecule has 0 unspecified atom stereocenters. The summed E-state index contributed by atoms with van der Waals surface area (Å²) < 4.78 is 12.9. The highest BCUT2D eigenvalue weighted by atomic mass is 35.5. The molecule has 0 aliphatic carbocycles. The molecule has 0 amide bonds. The number of rotatable bonds is 6. The fraction of sp³-hybridized carbons (Fsp3) is 0.158. The molecule has 1 heterocycles. The molecule has 2 aromatic carbocycles. The Morgan fingerprint density at radius 3 is 2.36 bits per heavy atom. The molecule has 128 valence electrons. The second-order valence-corrected chi connectivity index (χ2v) is 6.06. The maximum absolute atomic E-state index is 12.9. The molecule has 0 spiro atoms. The van der Waals surface area contributed by atoms with Gasteiger partial charge in [0.2, 0.25) is 0 Å². The molecule has 2 N–H and O–H groups in total. The summed E-state index contributed by atoms with van der Waals surface area (Å²) in [6, 6.07) is 15.8. The van der Waals surface area contributed by atoms with Gasteiger partial charge in [0.05, 0.1) is 0 Å². The van der Waals surface area contributed by atoms with Crippen LogP contribution >= 0.6 is 11.6 Å². The second kappa shape index (κ2) is 7.94. The number of nitrogens with zero attached hydrogens (tertiary/aromatic N) is 2. The normalized spacial score (nSPS) is 10.5. The number of hydrogen-bond donors (Lipinski definition) is 2. The zero-order chi connectivity index (χ0) is 17.6. The Morgan fingerprint density at radius 2 is 1.64 bits per heavy atom. The molecule has 3 rings (SSSR count). The third kappa shape index (κ3) is 5.16. The average Bonchev–Trinajstić information content (AvgIpc) is 2.58. The van der Waals surface area contributed by atoms with E-state index in [1.165, 1.54) is 12.1 Å². The van der Waals surface area contributed by atoms with E-state index in [4.69, 9.17) is 11.6 Å². The number of halogens is 2. The number of benzene rings is 2. The van der Waals surface area contributed by atoms with E-state index in [0.717, 1.165) is 23.5 Å². The van der Waals surface area contributed by atoms with E-state index >= 15 is 0 Å². The summed E-state index contributed by atoms with van der Waals surface area (Å²) >= 11 is 5.90. The molecule has 1 aromatic heterocycles. The molecule has 4 nitrogen and oxygen atoms in total. The Labute approximate surface area is 151 Å². The van der Waals surface area contributed by atoms with Crippen LogP contribution in [0.1, 0.15) is 11.4 Å². The van der Waals surface area contributed by atoms with E-state index in [0.29, 0.717) is 23.2 Å². The Balaban J connectivity index is 1.62. The van der Waals surface area contributed by atoms with Crippen molar-refractivity contribution in [2.24, 2.45) is 0 Å². The summed E-state index contributed by atoms with van der Waals surface area (Å²) in [5, 5.41) is 7.20. The van der Waals surface area contributed by atoms with E-state index in [1.807, 2.05) is 37.3 Å². The minimum atomic E-state index is -0.221. The Hall–Kier alpha value is -2.66. The molecule has 25 heavy (non-hydrogen) atoms. The number of hydrogen-bond acceptors (Lipinski definition) is 4. The predicted octanol–water partition coefficient (Wildman–Crippen LogP) is 4.98. The first kappa shape index (κ1) is 17.2. The molecule has 3 aromatic rings. The van der Waals surface area contributed by atoms with Gasteiger partial charge in [0.1, 0.15) is 23.3 Å². The zero-order valence-corrected chi connectivity index (χ0v) is 14.5. The zero-order valence-electron chi connectivity index (χ0n) is 13.8. The van der Waals surface area contributed by atoms with Crippen molar-refractivity contribution in [2.45, 2.75) is 13.3 Å². The van der Waals surface area contributed by atoms with Gasteiger partial charge in [0.25, 0.3) is 0 Å². The first-order chi connectivity index (χ1) is 12.1. The van der Waals surface area contributed by atoms with Crippen LogP contribution in [-0.2, 0) is 6.42 Å². The highest BCUT2D eigenvalue weighted by molar-refractivity contribution is 6.30. The van der Waals surface area contributed by atoms with E-state index in [2.05, 4.69) is 20.6 Å². The van der Waals surface area contributed by atoms with E-state index in [-0.39, 0.29) is 5.82 Å². The summed E-state index contributed by atoms with van der Waals surface area (Å²) in [4.78, 5) is 8.78. The molecule has 0 saturated carbocycles. The molecular formula is C19H18ClFN4. The lowest BCUT2D eigenvalue weighted by Gasteiger charge is -2.10. The lowest BCUT2D eigenvalue weighted by molar-refractivity contribution is 0.627. The second-order valence-electron chi connectivity index (χ2n) is 5.62. The summed E-state index contributed by atoms with van der Waals surface area (Å²) in [5.74, 6) is 1.90. The Kier molecular flexibility index (Phi) is 5.46. The average molecular weight is 357 g/mol.